The molecular formula is C19H21FN2O. The number of halogens is 1. The number of carbonyl (C=O) groups excluding carboxylic acids is 1. The van der Waals surface area contributed by atoms with Crippen molar-refractivity contribution in [1.82, 2.24) is 4.90 Å². The Morgan fingerprint density at radius 1 is 1.17 bits per heavy atom. The number of hydrogen-bond acceptors (Lipinski definition) is 2. The maximum absolute atomic E-state index is 13.2. The van der Waals surface area contributed by atoms with Gasteiger partial charge in [0.2, 0.25) is 0 Å². The van der Waals surface area contributed by atoms with Crippen LogP contribution in [0.15, 0.2) is 42.5 Å². The molecule has 1 saturated heterocycles. The number of likely N-dealkylation sites (tertiary alicyclic amines) is 1. The molecule has 2 N–H and O–H groups in total. The molecule has 2 aromatic carbocycles. The van der Waals surface area contributed by atoms with E-state index in [4.69, 9.17) is 5.73 Å². The highest BCUT2D eigenvalue weighted by Crippen LogP contribution is 2.32. The lowest BCUT2D eigenvalue weighted by atomic mass is 9.94. The van der Waals surface area contributed by atoms with Crippen LogP contribution in [0.4, 0.5) is 10.1 Å². The minimum Gasteiger partial charge on any atom is -0.399 e. The van der Waals surface area contributed by atoms with Gasteiger partial charge in [0, 0.05) is 17.8 Å². The summed E-state index contributed by atoms with van der Waals surface area (Å²) in [6.07, 6.45) is 2.96. The molecule has 0 radical (unpaired) electrons. The Labute approximate surface area is 135 Å². The first-order valence-electron chi connectivity index (χ1n) is 7.99. The molecule has 1 aliphatic heterocycles. The molecule has 1 atom stereocenters. The second-order valence-corrected chi connectivity index (χ2v) is 6.14. The number of rotatable bonds is 2. The first-order valence-corrected chi connectivity index (χ1v) is 7.99. The largest absolute Gasteiger partial charge is 0.399 e. The van der Waals surface area contributed by atoms with Crippen LogP contribution >= 0.6 is 0 Å². The number of benzene rings is 2. The van der Waals surface area contributed by atoms with Crippen LogP contribution in [0.25, 0.3) is 0 Å². The molecule has 3 rings (SSSR count). The van der Waals surface area contributed by atoms with E-state index in [0.717, 1.165) is 36.9 Å². The van der Waals surface area contributed by atoms with E-state index in [1.807, 2.05) is 17.9 Å². The lowest BCUT2D eigenvalue weighted by Gasteiger charge is -2.36. The third-order valence-corrected chi connectivity index (χ3v) is 4.51. The Balaban J connectivity index is 1.93. The first kappa shape index (κ1) is 15.5. The van der Waals surface area contributed by atoms with Crippen molar-refractivity contribution in [2.45, 2.75) is 32.2 Å². The van der Waals surface area contributed by atoms with E-state index in [0.29, 0.717) is 11.3 Å². The summed E-state index contributed by atoms with van der Waals surface area (Å²) in [6, 6.07) is 11.9. The van der Waals surface area contributed by atoms with Gasteiger partial charge in [-0.2, -0.15) is 0 Å². The van der Waals surface area contributed by atoms with E-state index in [9.17, 15) is 9.18 Å². The summed E-state index contributed by atoms with van der Waals surface area (Å²) in [5.41, 5.74) is 9.00. The van der Waals surface area contributed by atoms with E-state index in [1.165, 1.54) is 12.1 Å². The van der Waals surface area contributed by atoms with Gasteiger partial charge in [-0.25, -0.2) is 4.39 Å². The maximum atomic E-state index is 13.2. The van der Waals surface area contributed by atoms with Crippen LogP contribution in [0, 0.1) is 12.7 Å². The third-order valence-electron chi connectivity index (χ3n) is 4.51. The first-order chi connectivity index (χ1) is 11.1. The molecule has 1 fully saturated rings. The molecule has 0 aromatic heterocycles. The van der Waals surface area contributed by atoms with Crippen molar-refractivity contribution in [3.05, 3.63) is 65.0 Å². The maximum Gasteiger partial charge on any atom is 0.254 e. The Kier molecular flexibility index (Phi) is 4.33. The summed E-state index contributed by atoms with van der Waals surface area (Å²) in [5.74, 6) is -0.252. The van der Waals surface area contributed by atoms with Crippen molar-refractivity contribution in [2.24, 2.45) is 0 Å². The predicted octanol–water partition coefficient (Wildman–Crippen LogP) is 4.08. The second-order valence-electron chi connectivity index (χ2n) is 6.14. The van der Waals surface area contributed by atoms with Crippen LogP contribution in [0.5, 0.6) is 0 Å². The molecule has 1 aliphatic rings. The predicted molar refractivity (Wildman–Crippen MR) is 89.6 cm³/mol. The summed E-state index contributed by atoms with van der Waals surface area (Å²) in [6.45, 7) is 2.64. The van der Waals surface area contributed by atoms with E-state index < -0.39 is 0 Å². The van der Waals surface area contributed by atoms with Gasteiger partial charge in [0.05, 0.1) is 6.04 Å². The van der Waals surface area contributed by atoms with Crippen LogP contribution in [-0.4, -0.2) is 17.4 Å². The molecule has 0 saturated carbocycles. The van der Waals surface area contributed by atoms with Gasteiger partial charge in [-0.05, 0) is 61.6 Å². The molecule has 3 nitrogen and oxygen atoms in total. The summed E-state index contributed by atoms with van der Waals surface area (Å²) in [4.78, 5) is 14.9. The van der Waals surface area contributed by atoms with Gasteiger partial charge in [-0.1, -0.05) is 18.2 Å². The molecule has 1 unspecified atom stereocenters. The Hall–Kier alpha value is -2.36. The van der Waals surface area contributed by atoms with Crippen molar-refractivity contribution < 1.29 is 9.18 Å². The number of carbonyl (C=O) groups is 1. The smallest absolute Gasteiger partial charge is 0.254 e. The van der Waals surface area contributed by atoms with E-state index in [-0.39, 0.29) is 17.8 Å². The second kappa shape index (κ2) is 6.41. The summed E-state index contributed by atoms with van der Waals surface area (Å²) in [5, 5.41) is 0. The highest BCUT2D eigenvalue weighted by molar-refractivity contribution is 5.96. The number of aryl methyl sites for hydroxylation is 1. The molecule has 4 heteroatoms. The van der Waals surface area contributed by atoms with E-state index >= 15 is 0 Å². The molecular weight excluding hydrogens is 291 g/mol. The molecule has 0 spiro atoms. The summed E-state index contributed by atoms with van der Waals surface area (Å²) >= 11 is 0. The highest BCUT2D eigenvalue weighted by Gasteiger charge is 2.29. The molecule has 120 valence electrons. The van der Waals surface area contributed by atoms with E-state index in [1.54, 1.807) is 24.3 Å². The molecule has 1 heterocycles. The Morgan fingerprint density at radius 3 is 2.65 bits per heavy atom. The Bertz CT molecular complexity index is 712. The normalized spacial score (nSPS) is 18.0. The fourth-order valence-electron chi connectivity index (χ4n) is 3.23. The topological polar surface area (TPSA) is 46.3 Å². The average Bonchev–Trinajstić information content (AvgIpc) is 2.57. The number of nitrogens with zero attached hydrogens (tertiary/aromatic N) is 1. The van der Waals surface area contributed by atoms with Crippen LogP contribution in [0.1, 0.15) is 46.8 Å². The van der Waals surface area contributed by atoms with Crippen LogP contribution in [-0.2, 0) is 0 Å². The monoisotopic (exact) mass is 312 g/mol. The van der Waals surface area contributed by atoms with Gasteiger partial charge in [-0.3, -0.25) is 4.79 Å². The van der Waals surface area contributed by atoms with Crippen molar-refractivity contribution in [3.8, 4) is 0 Å². The average molecular weight is 312 g/mol. The number of nitrogens with two attached hydrogens (primary N) is 1. The fraction of sp³-hybridized carbons (Fsp3) is 0.316. The van der Waals surface area contributed by atoms with Gasteiger partial charge in [0.1, 0.15) is 5.82 Å². The SMILES string of the molecule is Cc1ccc(N)cc1C(=O)N1CCCCC1c1ccc(F)cc1. The Morgan fingerprint density at radius 2 is 1.91 bits per heavy atom. The molecule has 23 heavy (non-hydrogen) atoms. The zero-order chi connectivity index (χ0) is 16.4. The number of amides is 1. The standard InChI is InChI=1S/C19H21FN2O/c1-13-5-10-16(21)12-17(13)19(23)22-11-3-2-4-18(22)14-6-8-15(20)9-7-14/h5-10,12,18H,2-4,11,21H2,1H3. The molecule has 0 bridgehead atoms. The zero-order valence-electron chi connectivity index (χ0n) is 13.3. The molecule has 1 amide bonds. The molecule has 0 aliphatic carbocycles. The highest BCUT2D eigenvalue weighted by atomic mass is 19.1. The van der Waals surface area contributed by atoms with Gasteiger partial charge in [0.25, 0.3) is 5.91 Å². The summed E-state index contributed by atoms with van der Waals surface area (Å²) in [7, 11) is 0. The number of hydrogen-bond donors (Lipinski definition) is 1. The van der Waals surface area contributed by atoms with Crippen molar-refractivity contribution in [1.29, 1.82) is 0 Å². The lowest BCUT2D eigenvalue weighted by molar-refractivity contribution is 0.0611. The zero-order valence-corrected chi connectivity index (χ0v) is 13.3. The number of piperidine rings is 1. The summed E-state index contributed by atoms with van der Waals surface area (Å²) < 4.78 is 13.2. The quantitative estimate of drug-likeness (QED) is 0.849. The number of nitrogen functional groups attached to an aromatic ring is 1. The third kappa shape index (κ3) is 3.21. The van der Waals surface area contributed by atoms with Crippen molar-refractivity contribution >= 4 is 11.6 Å². The minimum atomic E-state index is -0.255. The minimum absolute atomic E-state index is 0.00215. The van der Waals surface area contributed by atoms with Gasteiger partial charge < -0.3 is 10.6 Å². The van der Waals surface area contributed by atoms with Gasteiger partial charge in [0.15, 0.2) is 0 Å². The molecule has 2 aromatic rings. The van der Waals surface area contributed by atoms with Crippen molar-refractivity contribution in [3.63, 3.8) is 0 Å². The van der Waals surface area contributed by atoms with E-state index in [2.05, 4.69) is 0 Å². The fourth-order valence-corrected chi connectivity index (χ4v) is 3.23. The van der Waals surface area contributed by atoms with Crippen LogP contribution in [0.3, 0.4) is 0 Å². The van der Waals surface area contributed by atoms with Crippen molar-refractivity contribution in [2.75, 3.05) is 12.3 Å². The lowest BCUT2D eigenvalue weighted by Crippen LogP contribution is -2.38. The van der Waals surface area contributed by atoms with Gasteiger partial charge >= 0.3 is 0 Å². The van der Waals surface area contributed by atoms with Crippen LogP contribution in [0.2, 0.25) is 0 Å². The number of anilines is 1. The van der Waals surface area contributed by atoms with Crippen LogP contribution < -0.4 is 5.73 Å². The van der Waals surface area contributed by atoms with Gasteiger partial charge in [-0.15, -0.1) is 0 Å².